The molecule has 0 spiro atoms. The maximum absolute atomic E-state index is 11.5. The van der Waals surface area contributed by atoms with Crippen LogP contribution in [0.3, 0.4) is 0 Å². The summed E-state index contributed by atoms with van der Waals surface area (Å²) in [5.41, 5.74) is 0.0631. The second kappa shape index (κ2) is 6.19. The Balaban J connectivity index is 2.51. The van der Waals surface area contributed by atoms with Gasteiger partial charge in [-0.15, -0.1) is 0 Å². The molecule has 4 heteroatoms. The van der Waals surface area contributed by atoms with Gasteiger partial charge in [-0.3, -0.25) is 4.79 Å². The molecule has 1 aromatic rings. The lowest BCUT2D eigenvalue weighted by Crippen LogP contribution is -2.23. The minimum atomic E-state index is 0.0631. The van der Waals surface area contributed by atoms with Crippen LogP contribution in [0.2, 0.25) is 0 Å². The molecule has 0 aliphatic rings. The van der Waals surface area contributed by atoms with Gasteiger partial charge >= 0.3 is 0 Å². The fourth-order valence-corrected chi connectivity index (χ4v) is 1.61. The second-order valence-corrected chi connectivity index (χ2v) is 4.13. The van der Waals surface area contributed by atoms with E-state index in [1.807, 2.05) is 34.7 Å². The summed E-state index contributed by atoms with van der Waals surface area (Å²) in [5, 5.41) is 0. The zero-order valence-electron chi connectivity index (χ0n) is 8.20. The van der Waals surface area contributed by atoms with Crippen LogP contribution >= 0.6 is 22.6 Å². The van der Waals surface area contributed by atoms with Crippen LogP contribution in [-0.2, 0) is 11.3 Å². The summed E-state index contributed by atoms with van der Waals surface area (Å²) < 4.78 is 7.75. The molecule has 1 aromatic heterocycles. The lowest BCUT2D eigenvalue weighted by atomic mass is 10.4. The van der Waals surface area contributed by atoms with Crippen LogP contribution in [0.25, 0.3) is 0 Å². The van der Waals surface area contributed by atoms with Crippen molar-refractivity contribution in [1.82, 2.24) is 4.57 Å². The first kappa shape index (κ1) is 11.7. The third-order valence-corrected chi connectivity index (χ3v) is 2.62. The first-order valence-corrected chi connectivity index (χ1v) is 5.76. The molecule has 1 rings (SSSR count). The first-order chi connectivity index (χ1) is 6.75. The predicted molar refractivity (Wildman–Crippen MR) is 64.5 cm³/mol. The molecule has 0 atom stereocenters. The third-order valence-electron chi connectivity index (χ3n) is 1.80. The summed E-state index contributed by atoms with van der Waals surface area (Å²) in [6.07, 6.45) is 2.81. The van der Waals surface area contributed by atoms with Crippen molar-refractivity contribution in [2.45, 2.75) is 19.9 Å². The third kappa shape index (κ3) is 3.42. The number of hydrogen-bond acceptors (Lipinski definition) is 2. The molecular formula is C10H14INO2. The molecule has 0 saturated heterocycles. The van der Waals surface area contributed by atoms with E-state index in [0.29, 0.717) is 13.2 Å². The molecular weight excluding hydrogens is 293 g/mol. The molecule has 0 N–H and O–H groups in total. The van der Waals surface area contributed by atoms with E-state index in [9.17, 15) is 4.79 Å². The van der Waals surface area contributed by atoms with E-state index in [-0.39, 0.29) is 5.56 Å². The maximum Gasteiger partial charge on any atom is 0.264 e. The molecule has 0 aliphatic carbocycles. The number of ether oxygens (including phenoxy) is 1. The molecule has 0 amide bonds. The van der Waals surface area contributed by atoms with Crippen molar-refractivity contribution < 1.29 is 4.74 Å². The molecule has 1 heterocycles. The molecule has 0 aromatic carbocycles. The van der Waals surface area contributed by atoms with Crippen molar-refractivity contribution in [2.24, 2.45) is 0 Å². The smallest absolute Gasteiger partial charge is 0.264 e. The summed E-state index contributed by atoms with van der Waals surface area (Å²) in [4.78, 5) is 11.5. The number of rotatable bonds is 5. The summed E-state index contributed by atoms with van der Waals surface area (Å²) >= 11 is 2.04. The van der Waals surface area contributed by atoms with E-state index in [1.165, 1.54) is 0 Å². The van der Waals surface area contributed by atoms with E-state index < -0.39 is 0 Å². The molecule has 0 unspecified atom stereocenters. The number of halogens is 1. The number of nitrogens with zero attached hydrogens (tertiary/aromatic N) is 1. The van der Waals surface area contributed by atoms with Gasteiger partial charge in [0.1, 0.15) is 0 Å². The highest BCUT2D eigenvalue weighted by atomic mass is 127. The van der Waals surface area contributed by atoms with Gasteiger partial charge in [0.15, 0.2) is 0 Å². The fourth-order valence-electron chi connectivity index (χ4n) is 1.09. The Morgan fingerprint density at radius 2 is 2.29 bits per heavy atom. The average molecular weight is 307 g/mol. The summed E-state index contributed by atoms with van der Waals surface area (Å²) in [5.74, 6) is 0. The zero-order valence-corrected chi connectivity index (χ0v) is 10.4. The molecule has 3 nitrogen and oxygen atoms in total. The Kier molecular flexibility index (Phi) is 5.17. The number of aromatic nitrogens is 1. The largest absolute Gasteiger partial charge is 0.380 e. The maximum atomic E-state index is 11.5. The summed E-state index contributed by atoms with van der Waals surface area (Å²) in [7, 11) is 0. The van der Waals surface area contributed by atoms with Crippen molar-refractivity contribution in [3.05, 3.63) is 32.3 Å². The number of pyridine rings is 1. The first-order valence-electron chi connectivity index (χ1n) is 4.68. The van der Waals surface area contributed by atoms with Crippen LogP contribution in [0.15, 0.2) is 23.1 Å². The van der Waals surface area contributed by atoms with E-state index in [4.69, 9.17) is 4.74 Å². The van der Waals surface area contributed by atoms with Crippen molar-refractivity contribution in [2.75, 3.05) is 13.2 Å². The average Bonchev–Trinajstić information content (AvgIpc) is 2.19. The van der Waals surface area contributed by atoms with E-state index in [1.54, 1.807) is 10.8 Å². The molecule has 14 heavy (non-hydrogen) atoms. The highest BCUT2D eigenvalue weighted by Crippen LogP contribution is 1.95. The van der Waals surface area contributed by atoms with Gasteiger partial charge in [0.25, 0.3) is 5.56 Å². The number of hydrogen-bond donors (Lipinski definition) is 0. The van der Waals surface area contributed by atoms with Gasteiger partial charge in [0.05, 0.1) is 10.2 Å². The van der Waals surface area contributed by atoms with Crippen molar-refractivity contribution >= 4 is 22.6 Å². The minimum absolute atomic E-state index is 0.0631. The van der Waals surface area contributed by atoms with Gasteiger partial charge in [0.2, 0.25) is 0 Å². The Morgan fingerprint density at radius 3 is 3.00 bits per heavy atom. The highest BCUT2D eigenvalue weighted by molar-refractivity contribution is 14.1. The fraction of sp³-hybridized carbons (Fsp3) is 0.500. The lowest BCUT2D eigenvalue weighted by Gasteiger charge is -2.05. The molecule has 0 aliphatic heterocycles. The Labute approximate surface area is 97.2 Å². The Hall–Kier alpha value is -0.360. The van der Waals surface area contributed by atoms with Gasteiger partial charge in [-0.2, -0.15) is 0 Å². The van der Waals surface area contributed by atoms with Crippen LogP contribution < -0.4 is 5.56 Å². The van der Waals surface area contributed by atoms with E-state index in [2.05, 4.69) is 6.92 Å². The summed E-state index contributed by atoms with van der Waals surface area (Å²) in [6.45, 7) is 4.07. The van der Waals surface area contributed by atoms with Crippen molar-refractivity contribution in [3.8, 4) is 0 Å². The minimum Gasteiger partial charge on any atom is -0.380 e. The van der Waals surface area contributed by atoms with Crippen molar-refractivity contribution in [3.63, 3.8) is 0 Å². The van der Waals surface area contributed by atoms with Crippen LogP contribution in [0.5, 0.6) is 0 Å². The van der Waals surface area contributed by atoms with Crippen LogP contribution in [0, 0.1) is 3.57 Å². The predicted octanol–water partition coefficient (Wildman–Crippen LogP) is 1.88. The molecule has 0 radical (unpaired) electrons. The van der Waals surface area contributed by atoms with Gasteiger partial charge < -0.3 is 9.30 Å². The van der Waals surface area contributed by atoms with Crippen LogP contribution in [0.4, 0.5) is 0 Å². The van der Waals surface area contributed by atoms with Crippen LogP contribution in [0.1, 0.15) is 13.3 Å². The molecule has 78 valence electrons. The summed E-state index contributed by atoms with van der Waals surface area (Å²) in [6, 6.07) is 3.69. The molecule has 0 fully saturated rings. The molecule has 0 bridgehead atoms. The molecule has 0 saturated carbocycles. The topological polar surface area (TPSA) is 31.2 Å². The van der Waals surface area contributed by atoms with Gasteiger partial charge in [-0.05, 0) is 41.1 Å². The van der Waals surface area contributed by atoms with Crippen molar-refractivity contribution in [1.29, 1.82) is 0 Å². The monoisotopic (exact) mass is 307 g/mol. The quantitative estimate of drug-likeness (QED) is 0.614. The second-order valence-electron chi connectivity index (χ2n) is 2.97. The normalized spacial score (nSPS) is 10.4. The lowest BCUT2D eigenvalue weighted by molar-refractivity contribution is 0.126. The SMILES string of the molecule is CCCOCCn1cccc(I)c1=O. The van der Waals surface area contributed by atoms with Gasteiger partial charge in [-0.1, -0.05) is 6.92 Å². The standard InChI is InChI=1S/C10H14INO2/c1-2-7-14-8-6-12-5-3-4-9(11)10(12)13/h3-5H,2,6-8H2,1H3. The highest BCUT2D eigenvalue weighted by Gasteiger charge is 1.98. The van der Waals surface area contributed by atoms with Gasteiger partial charge in [-0.25, -0.2) is 0 Å². The Morgan fingerprint density at radius 1 is 1.50 bits per heavy atom. The van der Waals surface area contributed by atoms with Gasteiger partial charge in [0, 0.05) is 19.3 Å². The Bertz CT molecular complexity index is 335. The van der Waals surface area contributed by atoms with Crippen LogP contribution in [-0.4, -0.2) is 17.8 Å². The zero-order chi connectivity index (χ0) is 10.4. The van der Waals surface area contributed by atoms with E-state index >= 15 is 0 Å². The van der Waals surface area contributed by atoms with E-state index in [0.717, 1.165) is 16.6 Å².